The van der Waals surface area contributed by atoms with Crippen molar-refractivity contribution in [2.75, 3.05) is 19.5 Å². The van der Waals surface area contributed by atoms with Crippen LogP contribution >= 0.6 is 0 Å². The summed E-state index contributed by atoms with van der Waals surface area (Å²) in [4.78, 5) is 26.1. The van der Waals surface area contributed by atoms with Crippen LogP contribution in [0.15, 0.2) is 48.9 Å². The number of nitrogens with zero attached hydrogens (tertiary/aromatic N) is 5. The molecule has 1 aliphatic rings. The van der Waals surface area contributed by atoms with Crippen LogP contribution < -0.4 is 20.5 Å². The average Bonchev–Trinajstić information content (AvgIpc) is 3.54. The minimum atomic E-state index is -0.323. The lowest BCUT2D eigenvalue weighted by Crippen LogP contribution is -2.24. The Balaban J connectivity index is 1.33. The van der Waals surface area contributed by atoms with Gasteiger partial charge in [-0.15, -0.1) is 5.10 Å². The lowest BCUT2D eigenvalue weighted by Gasteiger charge is -2.15. The smallest absolute Gasteiger partial charge is 0.257 e. The number of nitrogens with two attached hydrogens (primary N) is 1. The van der Waals surface area contributed by atoms with Crippen molar-refractivity contribution in [2.24, 2.45) is 5.92 Å². The van der Waals surface area contributed by atoms with Gasteiger partial charge in [0.05, 0.1) is 20.3 Å². The Morgan fingerprint density at radius 2 is 2.06 bits per heavy atom. The fourth-order valence-corrected chi connectivity index (χ4v) is 4.35. The Hall–Kier alpha value is -4.21. The predicted octanol–water partition coefficient (Wildman–Crippen LogP) is 3.28. The molecule has 4 heterocycles. The van der Waals surface area contributed by atoms with Gasteiger partial charge in [-0.2, -0.15) is 4.98 Å². The Morgan fingerprint density at radius 1 is 1.20 bits per heavy atom. The van der Waals surface area contributed by atoms with E-state index in [4.69, 9.17) is 15.2 Å². The SMILES string of the molecule is COc1ncc(-c2ccn3nc(N)nc3c2)cc1C(=O)NCc1ncccc1OCC1CCCC1. The molecule has 4 aromatic heterocycles. The molecule has 0 spiro atoms. The molecule has 0 saturated heterocycles. The highest BCUT2D eigenvalue weighted by molar-refractivity contribution is 5.97. The van der Waals surface area contributed by atoms with Gasteiger partial charge in [-0.1, -0.05) is 12.8 Å². The van der Waals surface area contributed by atoms with Crippen LogP contribution in [-0.4, -0.2) is 44.2 Å². The third-order valence-corrected chi connectivity index (χ3v) is 6.19. The fourth-order valence-electron chi connectivity index (χ4n) is 4.35. The standard InChI is InChI=1S/C25H27N7O3/c1-34-24-19(11-18(13-29-24)17-8-10-32-22(12-17)30-25(26)31-32)23(33)28-14-20-21(7-4-9-27-20)35-15-16-5-2-3-6-16/h4,7-13,16H,2-3,5-6,14-15H2,1H3,(H2,26,31)(H,28,33). The number of pyridine rings is 3. The van der Waals surface area contributed by atoms with Crippen molar-refractivity contribution in [1.82, 2.24) is 29.9 Å². The van der Waals surface area contributed by atoms with E-state index in [9.17, 15) is 4.79 Å². The van der Waals surface area contributed by atoms with Crippen molar-refractivity contribution < 1.29 is 14.3 Å². The summed E-state index contributed by atoms with van der Waals surface area (Å²) in [5, 5.41) is 7.01. The van der Waals surface area contributed by atoms with Gasteiger partial charge in [0, 0.05) is 24.2 Å². The second-order valence-electron chi connectivity index (χ2n) is 8.56. The molecule has 180 valence electrons. The second-order valence-corrected chi connectivity index (χ2v) is 8.56. The van der Waals surface area contributed by atoms with Crippen LogP contribution in [0, 0.1) is 5.92 Å². The van der Waals surface area contributed by atoms with Gasteiger partial charge in [0.1, 0.15) is 17.0 Å². The highest BCUT2D eigenvalue weighted by Gasteiger charge is 2.19. The van der Waals surface area contributed by atoms with Crippen molar-refractivity contribution in [3.8, 4) is 22.8 Å². The highest BCUT2D eigenvalue weighted by atomic mass is 16.5. The normalized spacial score (nSPS) is 13.7. The van der Waals surface area contributed by atoms with Crippen LogP contribution in [0.4, 0.5) is 5.95 Å². The summed E-state index contributed by atoms with van der Waals surface area (Å²) >= 11 is 0. The van der Waals surface area contributed by atoms with Crippen molar-refractivity contribution in [1.29, 1.82) is 0 Å². The molecule has 35 heavy (non-hydrogen) atoms. The van der Waals surface area contributed by atoms with Gasteiger partial charge in [0.25, 0.3) is 5.91 Å². The molecule has 1 fully saturated rings. The molecule has 1 amide bonds. The highest BCUT2D eigenvalue weighted by Crippen LogP contribution is 2.27. The van der Waals surface area contributed by atoms with Crippen molar-refractivity contribution in [3.05, 3.63) is 60.2 Å². The molecule has 10 heteroatoms. The third kappa shape index (κ3) is 5.01. The summed E-state index contributed by atoms with van der Waals surface area (Å²) < 4.78 is 13.0. The van der Waals surface area contributed by atoms with Gasteiger partial charge in [-0.05, 0) is 54.7 Å². The van der Waals surface area contributed by atoms with E-state index >= 15 is 0 Å². The lowest BCUT2D eigenvalue weighted by molar-refractivity contribution is 0.0946. The largest absolute Gasteiger partial charge is 0.491 e. The maximum atomic E-state index is 13.1. The molecule has 0 aliphatic heterocycles. The lowest BCUT2D eigenvalue weighted by atomic mass is 10.1. The van der Waals surface area contributed by atoms with Crippen LogP contribution in [0.1, 0.15) is 41.7 Å². The fraction of sp³-hybridized carbons (Fsp3) is 0.320. The van der Waals surface area contributed by atoms with Gasteiger partial charge in [0.2, 0.25) is 11.8 Å². The molecule has 0 radical (unpaired) electrons. The number of ether oxygens (including phenoxy) is 2. The van der Waals surface area contributed by atoms with E-state index in [1.165, 1.54) is 32.8 Å². The van der Waals surface area contributed by atoms with Crippen LogP contribution in [0.25, 0.3) is 16.8 Å². The van der Waals surface area contributed by atoms with Crippen LogP contribution in [0.2, 0.25) is 0 Å². The summed E-state index contributed by atoms with van der Waals surface area (Å²) in [5.41, 5.74) is 8.83. The Labute approximate surface area is 202 Å². The van der Waals surface area contributed by atoms with E-state index in [2.05, 4.69) is 25.4 Å². The molecule has 1 saturated carbocycles. The maximum absolute atomic E-state index is 13.1. The zero-order valence-electron chi connectivity index (χ0n) is 19.5. The quantitative estimate of drug-likeness (QED) is 0.399. The first-order valence-corrected chi connectivity index (χ1v) is 11.6. The number of anilines is 1. The van der Waals surface area contributed by atoms with E-state index < -0.39 is 0 Å². The number of nitrogen functional groups attached to an aromatic ring is 1. The van der Waals surface area contributed by atoms with Gasteiger partial charge in [0.15, 0.2) is 5.65 Å². The number of methoxy groups -OCH3 is 1. The summed E-state index contributed by atoms with van der Waals surface area (Å²) in [6.45, 7) is 0.895. The molecule has 5 rings (SSSR count). The zero-order valence-corrected chi connectivity index (χ0v) is 19.5. The first-order chi connectivity index (χ1) is 17.1. The number of amides is 1. The molecule has 0 bridgehead atoms. The molecule has 10 nitrogen and oxygen atoms in total. The van der Waals surface area contributed by atoms with Crippen molar-refractivity contribution >= 4 is 17.5 Å². The van der Waals surface area contributed by atoms with Gasteiger partial charge >= 0.3 is 0 Å². The number of hydrogen-bond acceptors (Lipinski definition) is 8. The zero-order chi connectivity index (χ0) is 24.2. The average molecular weight is 474 g/mol. The Morgan fingerprint density at radius 3 is 2.89 bits per heavy atom. The maximum Gasteiger partial charge on any atom is 0.257 e. The summed E-state index contributed by atoms with van der Waals surface area (Å²) in [5.74, 6) is 1.38. The molecule has 0 unspecified atom stereocenters. The number of aromatic nitrogens is 5. The Kier molecular flexibility index (Phi) is 6.42. The first-order valence-electron chi connectivity index (χ1n) is 11.6. The number of nitrogens with one attached hydrogen (secondary N) is 1. The summed E-state index contributed by atoms with van der Waals surface area (Å²) in [6, 6.07) is 9.15. The third-order valence-electron chi connectivity index (χ3n) is 6.19. The number of fused-ring (bicyclic) bond motifs is 1. The first kappa shape index (κ1) is 22.6. The summed E-state index contributed by atoms with van der Waals surface area (Å²) in [7, 11) is 1.48. The molecular formula is C25H27N7O3. The number of carbonyl (C=O) groups excluding carboxylic acids is 1. The van der Waals surface area contributed by atoms with Gasteiger partial charge in [-0.25, -0.2) is 9.50 Å². The molecule has 3 N–H and O–H groups in total. The van der Waals surface area contributed by atoms with E-state index in [-0.39, 0.29) is 24.3 Å². The van der Waals surface area contributed by atoms with Gasteiger partial charge in [-0.3, -0.25) is 9.78 Å². The van der Waals surface area contributed by atoms with E-state index in [0.717, 1.165) is 11.1 Å². The number of hydrogen-bond donors (Lipinski definition) is 2. The Bertz CT molecular complexity index is 1350. The summed E-state index contributed by atoms with van der Waals surface area (Å²) in [6.07, 6.45) is 10.0. The predicted molar refractivity (Wildman–Crippen MR) is 130 cm³/mol. The minimum absolute atomic E-state index is 0.191. The topological polar surface area (TPSA) is 130 Å². The van der Waals surface area contributed by atoms with Gasteiger partial charge < -0.3 is 20.5 Å². The molecular weight excluding hydrogens is 446 g/mol. The van der Waals surface area contributed by atoms with Crippen LogP contribution in [-0.2, 0) is 6.54 Å². The number of rotatable bonds is 8. The monoisotopic (exact) mass is 473 g/mol. The van der Waals surface area contributed by atoms with E-state index in [1.54, 1.807) is 29.2 Å². The van der Waals surface area contributed by atoms with E-state index in [0.29, 0.717) is 35.2 Å². The van der Waals surface area contributed by atoms with E-state index in [1.807, 2.05) is 24.3 Å². The van der Waals surface area contributed by atoms with Crippen molar-refractivity contribution in [2.45, 2.75) is 32.2 Å². The molecule has 4 aromatic rings. The molecule has 0 aromatic carbocycles. The molecule has 1 aliphatic carbocycles. The molecule has 0 atom stereocenters. The van der Waals surface area contributed by atoms with Crippen LogP contribution in [0.3, 0.4) is 0 Å². The van der Waals surface area contributed by atoms with Crippen LogP contribution in [0.5, 0.6) is 11.6 Å². The van der Waals surface area contributed by atoms with Crippen molar-refractivity contribution in [3.63, 3.8) is 0 Å². The second kappa shape index (κ2) is 9.96. The number of carbonyl (C=O) groups is 1. The minimum Gasteiger partial charge on any atom is -0.491 e.